The molecule has 3 nitrogen and oxygen atoms in total. The van der Waals surface area contributed by atoms with E-state index in [1.165, 1.54) is 6.42 Å². The minimum Gasteiger partial charge on any atom is -0.495 e. The molecule has 94 valence electrons. The summed E-state index contributed by atoms with van der Waals surface area (Å²) in [6.45, 7) is 1.99. The number of hydrogen-bond donors (Lipinski definition) is 2. The zero-order valence-electron chi connectivity index (χ0n) is 10.3. The van der Waals surface area contributed by atoms with Crippen molar-refractivity contribution in [3.63, 3.8) is 0 Å². The monoisotopic (exact) mass is 254 g/mol. The van der Waals surface area contributed by atoms with E-state index in [1.807, 2.05) is 19.1 Å². The molecule has 0 spiro atoms. The zero-order valence-corrected chi connectivity index (χ0v) is 11.1. The van der Waals surface area contributed by atoms with Gasteiger partial charge in [0.2, 0.25) is 0 Å². The average molecular weight is 255 g/mol. The van der Waals surface area contributed by atoms with Crippen LogP contribution in [0.3, 0.4) is 0 Å². The molecule has 0 aromatic heterocycles. The molecule has 3 N–H and O–H groups in total. The first-order chi connectivity index (χ1) is 8.11. The highest BCUT2D eigenvalue weighted by Gasteiger charge is 2.24. The van der Waals surface area contributed by atoms with Crippen molar-refractivity contribution in [3.05, 3.63) is 22.7 Å². The van der Waals surface area contributed by atoms with Crippen LogP contribution in [0.4, 0.5) is 5.69 Å². The third kappa shape index (κ3) is 2.67. The second-order valence-corrected chi connectivity index (χ2v) is 5.05. The lowest BCUT2D eigenvalue weighted by molar-refractivity contribution is 0.415. The van der Waals surface area contributed by atoms with Gasteiger partial charge in [0.25, 0.3) is 0 Å². The Morgan fingerprint density at radius 3 is 2.76 bits per heavy atom. The number of hydrogen-bond acceptors (Lipinski definition) is 3. The van der Waals surface area contributed by atoms with E-state index in [9.17, 15) is 0 Å². The maximum absolute atomic E-state index is 6.08. The van der Waals surface area contributed by atoms with E-state index >= 15 is 0 Å². The molecule has 0 heterocycles. The summed E-state index contributed by atoms with van der Waals surface area (Å²) >= 11 is 6.08. The molecule has 0 radical (unpaired) electrons. The Morgan fingerprint density at radius 1 is 1.41 bits per heavy atom. The minimum atomic E-state index is 0.232. The molecule has 17 heavy (non-hydrogen) atoms. The Hall–Kier alpha value is -0.930. The van der Waals surface area contributed by atoms with Crippen LogP contribution < -0.4 is 15.8 Å². The van der Waals surface area contributed by atoms with Crippen LogP contribution in [-0.2, 0) is 0 Å². The highest BCUT2D eigenvalue weighted by Crippen LogP contribution is 2.33. The van der Waals surface area contributed by atoms with Gasteiger partial charge in [-0.2, -0.15) is 0 Å². The lowest BCUT2D eigenvalue weighted by Gasteiger charge is -2.21. The van der Waals surface area contributed by atoms with Crippen molar-refractivity contribution < 1.29 is 4.74 Å². The van der Waals surface area contributed by atoms with Gasteiger partial charge in [-0.3, -0.25) is 0 Å². The Kier molecular flexibility index (Phi) is 3.79. The van der Waals surface area contributed by atoms with E-state index < -0.39 is 0 Å². The number of nitrogens with two attached hydrogens (primary N) is 1. The second kappa shape index (κ2) is 5.15. The van der Waals surface area contributed by atoms with Crippen LogP contribution in [0.2, 0.25) is 5.02 Å². The molecule has 1 aliphatic rings. The number of methoxy groups -OCH3 is 1. The van der Waals surface area contributed by atoms with Crippen molar-refractivity contribution in [2.75, 3.05) is 12.4 Å². The second-order valence-electron chi connectivity index (χ2n) is 4.65. The molecule has 0 aliphatic heterocycles. The average Bonchev–Trinajstić information content (AvgIpc) is 2.69. The van der Waals surface area contributed by atoms with Gasteiger partial charge in [0.1, 0.15) is 5.75 Å². The van der Waals surface area contributed by atoms with Crippen molar-refractivity contribution in [1.29, 1.82) is 0 Å². The van der Waals surface area contributed by atoms with Gasteiger partial charge in [-0.05, 0) is 37.8 Å². The third-order valence-electron chi connectivity index (χ3n) is 3.39. The van der Waals surface area contributed by atoms with E-state index in [4.69, 9.17) is 22.1 Å². The predicted octanol–water partition coefficient (Wildman–Crippen LogP) is 2.95. The molecule has 2 unspecified atom stereocenters. The minimum absolute atomic E-state index is 0.232. The fourth-order valence-electron chi connectivity index (χ4n) is 2.31. The smallest absolute Gasteiger partial charge is 0.143 e. The van der Waals surface area contributed by atoms with Gasteiger partial charge >= 0.3 is 0 Å². The molecule has 1 fully saturated rings. The van der Waals surface area contributed by atoms with Crippen molar-refractivity contribution in [3.8, 4) is 5.75 Å². The molecule has 1 aromatic carbocycles. The number of halogens is 1. The van der Waals surface area contributed by atoms with E-state index in [2.05, 4.69) is 5.32 Å². The van der Waals surface area contributed by atoms with Crippen LogP contribution in [-0.4, -0.2) is 19.2 Å². The number of rotatable bonds is 3. The number of ether oxygens (including phenoxy) is 1. The first kappa shape index (κ1) is 12.5. The molecule has 2 rings (SSSR count). The molecular formula is C13H19ClN2O. The Morgan fingerprint density at radius 2 is 2.18 bits per heavy atom. The zero-order chi connectivity index (χ0) is 12.4. The summed E-state index contributed by atoms with van der Waals surface area (Å²) in [5, 5.41) is 4.19. The quantitative estimate of drug-likeness (QED) is 0.872. The summed E-state index contributed by atoms with van der Waals surface area (Å²) in [6.07, 6.45) is 3.40. The molecule has 1 aliphatic carbocycles. The largest absolute Gasteiger partial charge is 0.495 e. The van der Waals surface area contributed by atoms with Gasteiger partial charge in [-0.15, -0.1) is 0 Å². The van der Waals surface area contributed by atoms with Gasteiger partial charge in [0.05, 0.1) is 12.8 Å². The SMILES string of the molecule is COc1cc(Cl)c(C)cc1NC1CCCC1N. The Labute approximate surface area is 107 Å². The van der Waals surface area contributed by atoms with Gasteiger partial charge in [0.15, 0.2) is 0 Å². The van der Waals surface area contributed by atoms with Gasteiger partial charge in [-0.1, -0.05) is 11.6 Å². The summed E-state index contributed by atoms with van der Waals surface area (Å²) in [5.41, 5.74) is 8.08. The Balaban J connectivity index is 2.22. The van der Waals surface area contributed by atoms with E-state index in [0.717, 1.165) is 34.9 Å². The van der Waals surface area contributed by atoms with Crippen LogP contribution >= 0.6 is 11.6 Å². The molecule has 1 saturated carbocycles. The Bertz CT molecular complexity index is 409. The standard InChI is InChI=1S/C13H19ClN2O/c1-8-6-12(13(17-2)7-9(8)14)16-11-5-3-4-10(11)15/h6-7,10-11,16H,3-5,15H2,1-2H3. The molecule has 0 amide bonds. The third-order valence-corrected chi connectivity index (χ3v) is 3.80. The molecule has 2 atom stereocenters. The maximum atomic E-state index is 6.08. The lowest BCUT2D eigenvalue weighted by Crippen LogP contribution is -2.35. The predicted molar refractivity (Wildman–Crippen MR) is 72.0 cm³/mol. The van der Waals surface area contributed by atoms with Crippen LogP contribution in [0.5, 0.6) is 5.75 Å². The highest BCUT2D eigenvalue weighted by molar-refractivity contribution is 6.31. The highest BCUT2D eigenvalue weighted by atomic mass is 35.5. The van der Waals surface area contributed by atoms with E-state index in [0.29, 0.717) is 6.04 Å². The van der Waals surface area contributed by atoms with Crippen LogP contribution in [0.15, 0.2) is 12.1 Å². The van der Waals surface area contributed by atoms with Crippen LogP contribution in [0, 0.1) is 6.92 Å². The van der Waals surface area contributed by atoms with Crippen molar-refractivity contribution in [2.24, 2.45) is 5.73 Å². The fourth-order valence-corrected chi connectivity index (χ4v) is 2.47. The topological polar surface area (TPSA) is 47.3 Å². The van der Waals surface area contributed by atoms with Crippen molar-refractivity contribution in [1.82, 2.24) is 0 Å². The summed E-state index contributed by atoms with van der Waals surface area (Å²) in [7, 11) is 1.65. The summed E-state index contributed by atoms with van der Waals surface area (Å²) < 4.78 is 5.34. The van der Waals surface area contributed by atoms with Crippen LogP contribution in [0.1, 0.15) is 24.8 Å². The van der Waals surface area contributed by atoms with Crippen molar-refractivity contribution >= 4 is 17.3 Å². The van der Waals surface area contributed by atoms with E-state index in [1.54, 1.807) is 7.11 Å². The molecule has 0 saturated heterocycles. The number of benzene rings is 1. The van der Waals surface area contributed by atoms with Gasteiger partial charge < -0.3 is 15.8 Å². The van der Waals surface area contributed by atoms with Gasteiger partial charge in [-0.25, -0.2) is 0 Å². The lowest BCUT2D eigenvalue weighted by atomic mass is 10.1. The molecule has 1 aromatic rings. The molecule has 0 bridgehead atoms. The van der Waals surface area contributed by atoms with E-state index in [-0.39, 0.29) is 6.04 Å². The summed E-state index contributed by atoms with van der Waals surface area (Å²) in [5.74, 6) is 0.778. The summed E-state index contributed by atoms with van der Waals surface area (Å²) in [6, 6.07) is 4.44. The number of nitrogens with one attached hydrogen (secondary N) is 1. The normalized spacial score (nSPS) is 23.8. The molecule has 4 heteroatoms. The molecular weight excluding hydrogens is 236 g/mol. The summed E-state index contributed by atoms with van der Waals surface area (Å²) in [4.78, 5) is 0. The first-order valence-corrected chi connectivity index (χ1v) is 6.36. The fraction of sp³-hybridized carbons (Fsp3) is 0.538. The number of aryl methyl sites for hydroxylation is 1. The maximum Gasteiger partial charge on any atom is 0.143 e. The van der Waals surface area contributed by atoms with Gasteiger partial charge in [0, 0.05) is 23.2 Å². The first-order valence-electron chi connectivity index (χ1n) is 5.98. The van der Waals surface area contributed by atoms with Crippen molar-refractivity contribution in [2.45, 2.75) is 38.3 Å². The number of anilines is 1. The van der Waals surface area contributed by atoms with Crippen LogP contribution in [0.25, 0.3) is 0 Å².